The van der Waals surface area contributed by atoms with Crippen LogP contribution in [-0.2, 0) is 11.3 Å². The van der Waals surface area contributed by atoms with Crippen LogP contribution in [0.25, 0.3) is 0 Å². The molecule has 0 saturated heterocycles. The summed E-state index contributed by atoms with van der Waals surface area (Å²) < 4.78 is 2.30. The fourth-order valence-corrected chi connectivity index (χ4v) is 2.05. The Morgan fingerprint density at radius 1 is 1.50 bits per heavy atom. The van der Waals surface area contributed by atoms with Crippen molar-refractivity contribution in [3.05, 3.63) is 25.9 Å². The number of carbonyl (C=O) groups excluding carboxylic acids is 1. The number of nitrogens with zero attached hydrogens (tertiary/aromatic N) is 2. The van der Waals surface area contributed by atoms with Gasteiger partial charge in [-0.15, -0.1) is 0 Å². The Morgan fingerprint density at radius 2 is 2.22 bits per heavy atom. The Hall–Kier alpha value is -0.960. The Kier molecular flexibility index (Phi) is 6.27. The minimum atomic E-state index is -0.153. The van der Waals surface area contributed by atoms with Crippen LogP contribution < -0.4 is 16.8 Å². The van der Waals surface area contributed by atoms with E-state index in [2.05, 4.69) is 10.4 Å². The van der Waals surface area contributed by atoms with E-state index >= 15 is 0 Å². The standard InChI is InChI=1S/C11H17IN4O2/c1-8-14-7-9(12)11(18)16(8)6-4-2-3-5-10(17)15-13/h7H,2-6,13H2,1H3,(H,15,17). The van der Waals surface area contributed by atoms with Crippen molar-refractivity contribution in [2.75, 3.05) is 0 Å². The lowest BCUT2D eigenvalue weighted by atomic mass is 10.2. The predicted molar refractivity (Wildman–Crippen MR) is 76.7 cm³/mol. The molecule has 0 atom stereocenters. The average molecular weight is 364 g/mol. The minimum Gasteiger partial charge on any atom is -0.296 e. The molecule has 0 fully saturated rings. The maximum atomic E-state index is 11.8. The van der Waals surface area contributed by atoms with Crippen molar-refractivity contribution >= 4 is 28.5 Å². The van der Waals surface area contributed by atoms with Gasteiger partial charge in [-0.1, -0.05) is 6.42 Å². The molecule has 100 valence electrons. The Bertz CT molecular complexity index is 473. The van der Waals surface area contributed by atoms with Gasteiger partial charge in [0.1, 0.15) is 5.82 Å². The summed E-state index contributed by atoms with van der Waals surface area (Å²) in [7, 11) is 0. The molecule has 1 rings (SSSR count). The van der Waals surface area contributed by atoms with Gasteiger partial charge in [0.05, 0.1) is 3.57 Å². The molecule has 0 aliphatic heterocycles. The Labute approximate surface area is 119 Å². The molecule has 1 aromatic rings. The van der Waals surface area contributed by atoms with E-state index in [0.717, 1.165) is 25.1 Å². The van der Waals surface area contributed by atoms with Gasteiger partial charge >= 0.3 is 0 Å². The van der Waals surface area contributed by atoms with E-state index in [0.29, 0.717) is 16.5 Å². The van der Waals surface area contributed by atoms with E-state index in [-0.39, 0.29) is 11.5 Å². The first kappa shape index (κ1) is 15.1. The monoisotopic (exact) mass is 364 g/mol. The number of rotatable bonds is 6. The van der Waals surface area contributed by atoms with E-state index in [9.17, 15) is 9.59 Å². The molecule has 7 heteroatoms. The lowest BCUT2D eigenvalue weighted by Crippen LogP contribution is -2.29. The third-order valence-corrected chi connectivity index (χ3v) is 3.39. The topological polar surface area (TPSA) is 90.0 Å². The third kappa shape index (κ3) is 4.37. The first-order chi connectivity index (χ1) is 8.56. The molecule has 0 bridgehead atoms. The van der Waals surface area contributed by atoms with Crippen LogP contribution in [0.4, 0.5) is 0 Å². The van der Waals surface area contributed by atoms with Crippen molar-refractivity contribution < 1.29 is 4.79 Å². The zero-order valence-electron chi connectivity index (χ0n) is 10.3. The van der Waals surface area contributed by atoms with Crippen molar-refractivity contribution in [2.24, 2.45) is 5.84 Å². The van der Waals surface area contributed by atoms with Crippen LogP contribution in [0.2, 0.25) is 0 Å². The summed E-state index contributed by atoms with van der Waals surface area (Å²) in [6, 6.07) is 0. The van der Waals surface area contributed by atoms with Gasteiger partial charge in [0.25, 0.3) is 5.56 Å². The molecule has 0 aliphatic carbocycles. The molecule has 0 radical (unpaired) electrons. The van der Waals surface area contributed by atoms with Gasteiger partial charge in [-0.25, -0.2) is 10.8 Å². The summed E-state index contributed by atoms with van der Waals surface area (Å²) in [6.45, 7) is 2.46. The van der Waals surface area contributed by atoms with E-state index < -0.39 is 0 Å². The highest BCUT2D eigenvalue weighted by Crippen LogP contribution is 2.03. The van der Waals surface area contributed by atoms with Gasteiger partial charge < -0.3 is 0 Å². The van der Waals surface area contributed by atoms with E-state index in [4.69, 9.17) is 5.84 Å². The number of nitrogens with two attached hydrogens (primary N) is 1. The number of amides is 1. The maximum Gasteiger partial charge on any atom is 0.266 e. The van der Waals surface area contributed by atoms with Crippen LogP contribution >= 0.6 is 22.6 Å². The molecule has 0 aliphatic rings. The summed E-state index contributed by atoms with van der Waals surface area (Å²) >= 11 is 1.99. The number of halogens is 1. The number of hydrazine groups is 1. The quantitative estimate of drug-likeness (QED) is 0.256. The molecule has 6 nitrogen and oxygen atoms in total. The fraction of sp³-hybridized carbons (Fsp3) is 0.545. The Balaban J connectivity index is 2.43. The van der Waals surface area contributed by atoms with Gasteiger partial charge in [-0.2, -0.15) is 0 Å². The summed E-state index contributed by atoms with van der Waals surface area (Å²) in [5.74, 6) is 5.55. The highest BCUT2D eigenvalue weighted by atomic mass is 127. The molecular formula is C11H17IN4O2. The normalized spacial score (nSPS) is 10.4. The number of aromatic nitrogens is 2. The van der Waals surface area contributed by atoms with E-state index in [1.807, 2.05) is 29.5 Å². The molecule has 0 unspecified atom stereocenters. The molecule has 1 amide bonds. The zero-order valence-corrected chi connectivity index (χ0v) is 12.4. The largest absolute Gasteiger partial charge is 0.296 e. The highest BCUT2D eigenvalue weighted by molar-refractivity contribution is 14.1. The number of hydrogen-bond donors (Lipinski definition) is 2. The average Bonchev–Trinajstić information content (AvgIpc) is 2.37. The fourth-order valence-electron chi connectivity index (χ4n) is 1.62. The molecule has 0 spiro atoms. The molecule has 0 aromatic carbocycles. The van der Waals surface area contributed by atoms with E-state index in [1.54, 1.807) is 10.8 Å². The van der Waals surface area contributed by atoms with Gasteiger partial charge in [0.2, 0.25) is 5.91 Å². The van der Waals surface area contributed by atoms with Gasteiger partial charge in [0.15, 0.2) is 0 Å². The maximum absolute atomic E-state index is 11.8. The summed E-state index contributed by atoms with van der Waals surface area (Å²) in [4.78, 5) is 26.9. The molecule has 3 N–H and O–H groups in total. The number of carbonyl (C=O) groups is 1. The predicted octanol–water partition coefficient (Wildman–Crippen LogP) is 0.707. The van der Waals surface area contributed by atoms with Crippen LogP contribution in [0.5, 0.6) is 0 Å². The van der Waals surface area contributed by atoms with Crippen LogP contribution in [-0.4, -0.2) is 15.5 Å². The first-order valence-corrected chi connectivity index (χ1v) is 6.85. The molecule has 1 aromatic heterocycles. The van der Waals surface area contributed by atoms with Crippen molar-refractivity contribution in [3.8, 4) is 0 Å². The van der Waals surface area contributed by atoms with E-state index in [1.165, 1.54) is 0 Å². The molecule has 18 heavy (non-hydrogen) atoms. The minimum absolute atomic E-state index is 0.00259. The van der Waals surface area contributed by atoms with Crippen LogP contribution in [0.15, 0.2) is 11.0 Å². The summed E-state index contributed by atoms with van der Waals surface area (Å²) in [5, 5.41) is 0. The number of nitrogens with one attached hydrogen (secondary N) is 1. The van der Waals surface area contributed by atoms with Crippen LogP contribution in [0, 0.1) is 10.5 Å². The number of unbranched alkanes of at least 4 members (excludes halogenated alkanes) is 2. The van der Waals surface area contributed by atoms with Crippen molar-refractivity contribution in [1.29, 1.82) is 0 Å². The lowest BCUT2D eigenvalue weighted by Gasteiger charge is -2.08. The van der Waals surface area contributed by atoms with Gasteiger partial charge in [0, 0.05) is 19.2 Å². The van der Waals surface area contributed by atoms with Crippen LogP contribution in [0.3, 0.4) is 0 Å². The second kappa shape index (κ2) is 7.47. The lowest BCUT2D eigenvalue weighted by molar-refractivity contribution is -0.121. The van der Waals surface area contributed by atoms with Crippen molar-refractivity contribution in [2.45, 2.75) is 39.2 Å². The molecule has 0 saturated carbocycles. The number of hydrogen-bond acceptors (Lipinski definition) is 4. The second-order valence-corrected chi connectivity index (χ2v) is 5.15. The smallest absolute Gasteiger partial charge is 0.266 e. The van der Waals surface area contributed by atoms with Gasteiger partial charge in [-0.05, 0) is 42.4 Å². The summed E-state index contributed by atoms with van der Waals surface area (Å²) in [5.41, 5.74) is 2.10. The SMILES string of the molecule is Cc1ncc(I)c(=O)n1CCCCCC(=O)NN. The highest BCUT2D eigenvalue weighted by Gasteiger charge is 2.05. The molecular weight excluding hydrogens is 347 g/mol. The Morgan fingerprint density at radius 3 is 2.89 bits per heavy atom. The van der Waals surface area contributed by atoms with Crippen LogP contribution in [0.1, 0.15) is 31.5 Å². The summed E-state index contributed by atoms with van der Waals surface area (Å²) in [6.07, 6.45) is 4.51. The van der Waals surface area contributed by atoms with Gasteiger partial charge in [-0.3, -0.25) is 19.6 Å². The second-order valence-electron chi connectivity index (χ2n) is 3.99. The number of aryl methyl sites for hydroxylation is 1. The zero-order chi connectivity index (χ0) is 13.5. The van der Waals surface area contributed by atoms with Crippen molar-refractivity contribution in [3.63, 3.8) is 0 Å². The molecule has 1 heterocycles. The van der Waals surface area contributed by atoms with Crippen molar-refractivity contribution in [1.82, 2.24) is 15.0 Å². The third-order valence-electron chi connectivity index (χ3n) is 2.65. The first-order valence-electron chi connectivity index (χ1n) is 5.77.